The van der Waals surface area contributed by atoms with Crippen LogP contribution in [0.2, 0.25) is 20.1 Å². The molecule has 21 nitrogen and oxygen atoms in total. The Morgan fingerprint density at radius 2 is 1.30 bits per heavy atom. The molecule has 4 heterocycles. The first kappa shape index (κ1) is 76.0. The van der Waals surface area contributed by atoms with Crippen molar-refractivity contribution in [2.75, 3.05) is 0 Å². The predicted molar refractivity (Wildman–Crippen MR) is 340 cm³/mol. The number of rotatable bonds is 9. The average molecular weight is 1340 g/mol. The summed E-state index contributed by atoms with van der Waals surface area (Å²) in [7, 11) is 0. The monoisotopic (exact) mass is 1340 g/mol. The maximum absolute atomic E-state index is 12.6. The predicted octanol–water partition coefficient (Wildman–Crippen LogP) is 7.17. The Bertz CT molecular complexity index is 2900. The molecule has 0 spiro atoms. The van der Waals surface area contributed by atoms with Crippen LogP contribution in [-0.4, -0.2) is 175 Å². The minimum absolute atomic E-state index is 0.140. The van der Waals surface area contributed by atoms with Crippen LogP contribution in [0.25, 0.3) is 0 Å². The Morgan fingerprint density at radius 3 is 1.90 bits per heavy atom. The first-order valence-corrected chi connectivity index (χ1v) is 31.3. The lowest BCUT2D eigenvalue weighted by Crippen LogP contribution is -2.61. The highest BCUT2D eigenvalue weighted by molar-refractivity contribution is 6.35. The van der Waals surface area contributed by atoms with E-state index in [0.29, 0.717) is 33.2 Å². The molecule has 0 aliphatic carbocycles. The molecule has 0 radical (unpaired) electrons. The van der Waals surface area contributed by atoms with Crippen molar-refractivity contribution in [2.24, 2.45) is 23.5 Å². The van der Waals surface area contributed by atoms with Crippen molar-refractivity contribution >= 4 is 58.3 Å². The fraction of sp³-hybridized carbons (Fsp3) is 0.523. The van der Waals surface area contributed by atoms with E-state index in [1.165, 1.54) is 13.0 Å². The number of benzene rings is 2. The molecule has 498 valence electrons. The van der Waals surface area contributed by atoms with Crippen LogP contribution in [0.1, 0.15) is 96.3 Å². The van der Waals surface area contributed by atoms with Gasteiger partial charge < -0.3 is 90.2 Å². The second kappa shape index (κ2) is 37.9. The maximum Gasteiger partial charge on any atom is 0.311 e. The molecule has 2 aromatic carbocycles. The van der Waals surface area contributed by atoms with E-state index < -0.39 is 141 Å². The van der Waals surface area contributed by atoms with Gasteiger partial charge in [0.15, 0.2) is 12.1 Å². The molecule has 2 bridgehead atoms. The van der Waals surface area contributed by atoms with E-state index in [9.17, 15) is 65.8 Å². The molecule has 0 amide bonds. The average Bonchev–Trinajstić information content (AvgIpc) is 1.04. The smallest absolute Gasteiger partial charge is 0.311 e. The van der Waals surface area contributed by atoms with Gasteiger partial charge in [-0.2, -0.15) is 0 Å². The van der Waals surface area contributed by atoms with Crippen molar-refractivity contribution in [3.05, 3.63) is 171 Å². The van der Waals surface area contributed by atoms with Gasteiger partial charge in [-0.25, -0.2) is 4.98 Å². The van der Waals surface area contributed by atoms with Gasteiger partial charge in [0.2, 0.25) is 0 Å². The zero-order valence-electron chi connectivity index (χ0n) is 50.6. The summed E-state index contributed by atoms with van der Waals surface area (Å²) in [5, 5.41) is 120. The Labute approximate surface area is 545 Å². The molecule has 25 heteroatoms. The summed E-state index contributed by atoms with van der Waals surface area (Å²) >= 11 is 24.5. The molecule has 2 saturated heterocycles. The number of nitrogens with two attached hydrogens (primary N) is 1. The number of imidazole rings is 1. The van der Waals surface area contributed by atoms with E-state index >= 15 is 0 Å². The molecule has 14 unspecified atom stereocenters. The van der Waals surface area contributed by atoms with Crippen LogP contribution in [0.4, 0.5) is 0 Å². The fourth-order valence-corrected chi connectivity index (χ4v) is 11.4. The number of fused-ring (bicyclic) bond motifs is 2. The SMILES string of the molecule is CC1OC(O[C@H]2/C=C/C=C/C=C/C=C/C=C/C=C/C=C/[C@H](C)[C@@H](O)[C@@H](C)[C@H](C)OC(=O)CC(O)CC(O)CC(O)CCC(O)C(O)C[C@]3(O)CC(O)C(C(=O)O)C(C2)O3)C(O)C(N)C1O.Clc1ccc(COC(Cn2ccnc2)c2ccc(Cl)cc2Cl)c(Cl)c1. The van der Waals surface area contributed by atoms with Crippen molar-refractivity contribution in [1.82, 2.24) is 9.55 Å². The summed E-state index contributed by atoms with van der Waals surface area (Å²) in [5.74, 6) is -6.88. The lowest BCUT2D eigenvalue weighted by molar-refractivity contribution is -0.310. The summed E-state index contributed by atoms with van der Waals surface area (Å²) in [6.45, 7) is 7.63. The van der Waals surface area contributed by atoms with Gasteiger partial charge in [-0.05, 0) is 69.4 Å². The van der Waals surface area contributed by atoms with Crippen LogP contribution in [-0.2, 0) is 46.4 Å². The van der Waals surface area contributed by atoms with E-state index in [-0.39, 0.29) is 44.1 Å². The summed E-state index contributed by atoms with van der Waals surface area (Å²) in [4.78, 5) is 29.1. The molecule has 0 saturated carbocycles. The second-order valence-corrected chi connectivity index (χ2v) is 24.7. The number of hydrogen-bond acceptors (Lipinski definition) is 19. The molecule has 1 aromatic heterocycles. The summed E-state index contributed by atoms with van der Waals surface area (Å²) in [5.41, 5.74) is 7.72. The fourth-order valence-electron chi connectivity index (χ4n) is 10.4. The quantitative estimate of drug-likeness (QED) is 0.0945. The second-order valence-electron chi connectivity index (χ2n) is 23.0. The number of aliphatic hydroxyl groups is 10. The number of halogens is 4. The van der Waals surface area contributed by atoms with Crippen molar-refractivity contribution < 1.29 is 89.4 Å². The summed E-state index contributed by atoms with van der Waals surface area (Å²) in [6, 6.07) is 9.55. The van der Waals surface area contributed by atoms with Gasteiger partial charge in [0.25, 0.3) is 0 Å². The minimum atomic E-state index is -2.36. The molecule has 6 rings (SSSR count). The van der Waals surface area contributed by atoms with Gasteiger partial charge in [-0.1, -0.05) is 157 Å². The van der Waals surface area contributed by atoms with Gasteiger partial charge in [0.05, 0.1) is 99.1 Å². The molecule has 3 aliphatic heterocycles. The van der Waals surface area contributed by atoms with Gasteiger partial charge in [0, 0.05) is 69.1 Å². The number of cyclic esters (lactones) is 1. The van der Waals surface area contributed by atoms with Crippen molar-refractivity contribution in [3.63, 3.8) is 0 Å². The van der Waals surface area contributed by atoms with E-state index in [1.807, 2.05) is 35.9 Å². The Morgan fingerprint density at radius 1 is 0.711 bits per heavy atom. The molecule has 20 atom stereocenters. The molecule has 3 aromatic rings. The van der Waals surface area contributed by atoms with Gasteiger partial charge in [0.1, 0.15) is 24.2 Å². The van der Waals surface area contributed by atoms with Gasteiger partial charge in [-0.15, -0.1) is 0 Å². The zero-order valence-corrected chi connectivity index (χ0v) is 53.6. The van der Waals surface area contributed by atoms with Crippen LogP contribution in [0.3, 0.4) is 0 Å². The largest absolute Gasteiger partial charge is 0.481 e. The minimum Gasteiger partial charge on any atom is -0.481 e. The number of esters is 1. The van der Waals surface area contributed by atoms with Crippen LogP contribution >= 0.6 is 46.4 Å². The number of nitrogens with zero attached hydrogens (tertiary/aromatic N) is 2. The summed E-state index contributed by atoms with van der Waals surface area (Å²) < 4.78 is 31.2. The molecule has 2 fully saturated rings. The number of ether oxygens (including phenoxy) is 5. The number of aliphatic carboxylic acids is 1. The number of aliphatic hydroxyl groups excluding tert-OH is 9. The third kappa shape index (κ3) is 25.0. The number of allylic oxidation sites excluding steroid dienone is 12. The highest BCUT2D eigenvalue weighted by atomic mass is 35.5. The van der Waals surface area contributed by atoms with Crippen molar-refractivity contribution in [2.45, 2.75) is 196 Å². The lowest BCUT2D eigenvalue weighted by atomic mass is 9.82. The van der Waals surface area contributed by atoms with Gasteiger partial charge >= 0.3 is 11.9 Å². The number of hydrogen-bond donors (Lipinski definition) is 12. The molecule has 13 N–H and O–H groups in total. The topological polar surface area (TPSA) is 347 Å². The standard InChI is InChI=1S/C47H73NO17.C18H14Cl4N2O/c1-27-17-15-13-11-9-7-5-6-8-10-12-14-16-18-34(64-46-44(58)41(48)43(57)30(4)63-46)24-38-40(45(59)60)37(54)26-47(61,65-38)25-36(53)35(52)20-19-31(49)21-32(50)22-33(51)23-39(55)62-29(3)28(2)42(27)56;19-13-2-1-12(16(21)7-13)10-25-18(9-24-6-5-23-11-24)15-4-3-14(20)8-17(15)22/h5-18,27-38,40-44,46,49-54,56-58,61H,19-26,48H2,1-4H3,(H,59,60);1-8,11,18H,9-10H2/b6-5+,9-7+,10-8+,13-11+,14-12+,17-15+,18-16+;/t27-,28-,29-,30?,31?,32?,33?,34-,35?,36?,37?,38?,40?,41?,42+,43?,44?,46?,47+;/m0./s1. The van der Waals surface area contributed by atoms with Crippen molar-refractivity contribution in [3.8, 4) is 0 Å². The molecule has 3 aliphatic rings. The molecular weight excluding hydrogens is 1250 g/mol. The normalized spacial score (nSPS) is 36.3. The maximum atomic E-state index is 12.6. The number of carbonyl (C=O) groups is 2. The van der Waals surface area contributed by atoms with E-state index in [4.69, 9.17) is 75.8 Å². The Hall–Kier alpha value is -4.67. The van der Waals surface area contributed by atoms with E-state index in [1.54, 1.807) is 124 Å². The number of carboxylic acid groups (broad SMARTS) is 1. The van der Waals surface area contributed by atoms with Gasteiger partial charge in [-0.3, -0.25) is 9.59 Å². The third-order valence-corrected chi connectivity index (χ3v) is 16.9. The highest BCUT2D eigenvalue weighted by Crippen LogP contribution is 2.39. The highest BCUT2D eigenvalue weighted by Gasteiger charge is 2.51. The van der Waals surface area contributed by atoms with Crippen LogP contribution in [0.15, 0.2) is 140 Å². The third-order valence-electron chi connectivity index (χ3n) is 15.7. The van der Waals surface area contributed by atoms with Crippen molar-refractivity contribution in [1.29, 1.82) is 0 Å². The zero-order chi connectivity index (χ0) is 66.2. The Balaban J connectivity index is 0.000000485. The Kier molecular flexibility index (Phi) is 32.0. The first-order valence-electron chi connectivity index (χ1n) is 29.8. The molecule has 90 heavy (non-hydrogen) atoms. The van der Waals surface area contributed by atoms with Crippen LogP contribution in [0.5, 0.6) is 0 Å². The number of carbonyl (C=O) groups excluding carboxylic acids is 1. The summed E-state index contributed by atoms with van der Waals surface area (Å²) in [6.07, 6.45) is 8.52. The van der Waals surface area contributed by atoms with E-state index in [2.05, 4.69) is 4.98 Å². The lowest BCUT2D eigenvalue weighted by Gasteiger charge is -2.45. The van der Waals surface area contributed by atoms with E-state index in [0.717, 1.165) is 11.1 Å². The van der Waals surface area contributed by atoms with Crippen LogP contribution < -0.4 is 5.73 Å². The number of aromatic nitrogens is 2. The number of carboxylic acids is 1. The molecular formula is C65H87Cl4N3O18. The van der Waals surface area contributed by atoms with Crippen LogP contribution in [0, 0.1) is 17.8 Å². The first-order chi connectivity index (χ1) is 42.6.